The van der Waals surface area contributed by atoms with E-state index in [4.69, 9.17) is 10.8 Å². The van der Waals surface area contributed by atoms with Crippen molar-refractivity contribution in [1.29, 1.82) is 0 Å². The second-order valence-corrected chi connectivity index (χ2v) is 8.88. The number of hydrogen-bond donors (Lipinski definition) is 4. The van der Waals surface area contributed by atoms with Crippen LogP contribution in [0.4, 0.5) is 22.2 Å². The molecule has 1 atom stereocenters. The number of nitrogens with zero attached hydrogens (tertiary/aromatic N) is 3. The van der Waals surface area contributed by atoms with Gasteiger partial charge in [-0.2, -0.15) is 4.98 Å². The summed E-state index contributed by atoms with van der Waals surface area (Å²) in [5.74, 6) is -0.233. The molecule has 5 N–H and O–H groups in total. The summed E-state index contributed by atoms with van der Waals surface area (Å²) in [7, 11) is -1.87. The zero-order valence-electron chi connectivity index (χ0n) is 18.1. The lowest BCUT2D eigenvalue weighted by molar-refractivity contribution is -0.138. The minimum Gasteiger partial charge on any atom is -0.480 e. The van der Waals surface area contributed by atoms with Crippen molar-refractivity contribution < 1.29 is 23.6 Å². The fraction of sp³-hybridized carbons (Fsp3) is 0.238. The Balaban J connectivity index is 1.76. The highest BCUT2D eigenvalue weighted by Gasteiger charge is 2.14. The molecule has 0 saturated heterocycles. The van der Waals surface area contributed by atoms with Gasteiger partial charge in [0.25, 0.3) is 0 Å². The van der Waals surface area contributed by atoms with E-state index in [2.05, 4.69) is 29.7 Å². The van der Waals surface area contributed by atoms with E-state index in [9.17, 15) is 13.8 Å². The average molecular weight is 504 g/mol. The average Bonchev–Trinajstić information content (AvgIpc) is 3.34. The van der Waals surface area contributed by atoms with Gasteiger partial charge in [-0.05, 0) is 36.9 Å². The van der Waals surface area contributed by atoms with E-state index in [1.807, 2.05) is 17.5 Å². The molecule has 0 saturated carbocycles. The van der Waals surface area contributed by atoms with Crippen molar-refractivity contribution in [2.75, 3.05) is 23.8 Å². The molecular formula is C21H23N6O5S2-. The molecule has 0 radical (unpaired) electrons. The van der Waals surface area contributed by atoms with E-state index < -0.39 is 28.7 Å². The molecule has 1 amide bonds. The van der Waals surface area contributed by atoms with Crippen molar-refractivity contribution in [1.82, 2.24) is 9.97 Å². The van der Waals surface area contributed by atoms with Gasteiger partial charge >= 0.3 is 12.1 Å². The highest BCUT2D eigenvalue weighted by Crippen LogP contribution is 2.31. The zero-order valence-corrected chi connectivity index (χ0v) is 19.8. The number of carboxylic acids is 1. The molecule has 11 nitrogen and oxygen atoms in total. The van der Waals surface area contributed by atoms with E-state index in [-0.39, 0.29) is 13.0 Å². The molecule has 1 aromatic carbocycles. The smallest absolute Gasteiger partial charge is 0.410 e. The van der Waals surface area contributed by atoms with Gasteiger partial charge in [-0.15, -0.1) is 21.9 Å². The van der Waals surface area contributed by atoms with Crippen LogP contribution in [0.2, 0.25) is 0 Å². The predicted molar refractivity (Wildman–Crippen MR) is 130 cm³/mol. The zero-order chi connectivity index (χ0) is 24.5. The van der Waals surface area contributed by atoms with E-state index in [1.165, 1.54) is 11.3 Å². The third-order valence-corrected chi connectivity index (χ3v) is 6.27. The van der Waals surface area contributed by atoms with Gasteiger partial charge in [0.1, 0.15) is 11.9 Å². The molecule has 0 fully saturated rings. The Bertz CT molecular complexity index is 1210. The Hall–Kier alpha value is -3.55. The molecule has 3 aromatic rings. The summed E-state index contributed by atoms with van der Waals surface area (Å²) >= 11 is 1.53. The van der Waals surface area contributed by atoms with Crippen LogP contribution in [0.1, 0.15) is 13.3 Å². The third-order valence-electron chi connectivity index (χ3n) is 4.38. The summed E-state index contributed by atoms with van der Waals surface area (Å²) in [4.78, 5) is 32.5. The Morgan fingerprint density at radius 1 is 1.29 bits per heavy atom. The fourth-order valence-corrected chi connectivity index (χ4v) is 4.11. The van der Waals surface area contributed by atoms with Gasteiger partial charge in [0.2, 0.25) is 5.95 Å². The molecular weight excluding hydrogens is 480 g/mol. The lowest BCUT2D eigenvalue weighted by atomic mass is 10.2. The van der Waals surface area contributed by atoms with Crippen molar-refractivity contribution in [2.45, 2.75) is 24.3 Å². The van der Waals surface area contributed by atoms with Gasteiger partial charge in [-0.1, -0.05) is 23.1 Å². The van der Waals surface area contributed by atoms with Crippen LogP contribution < -0.4 is 16.4 Å². The molecule has 0 spiro atoms. The van der Waals surface area contributed by atoms with Gasteiger partial charge in [0.05, 0.1) is 12.2 Å². The monoisotopic (exact) mass is 503 g/mol. The lowest BCUT2D eigenvalue weighted by Crippen LogP contribution is -2.32. The van der Waals surface area contributed by atoms with Crippen LogP contribution in [0.5, 0.6) is 0 Å². The molecule has 2 aromatic heterocycles. The van der Waals surface area contributed by atoms with Gasteiger partial charge in [-0.3, -0.25) is 9.16 Å². The van der Waals surface area contributed by atoms with E-state index in [0.29, 0.717) is 28.9 Å². The normalized spacial score (nSPS) is 12.6. The van der Waals surface area contributed by atoms with Crippen LogP contribution in [0.3, 0.4) is 0 Å². The quantitative estimate of drug-likeness (QED) is 0.298. The van der Waals surface area contributed by atoms with Gasteiger partial charge in [0.15, 0.2) is 0 Å². The SMILES string of the molecule is CCOC(=O)N=[S-](=O)c1ccc(Nc2ncc(-c3cccs3)c(NCC[C@H](N)C(=O)O)n2)cc1. The number of hydrogen-bond acceptors (Lipinski definition) is 11. The number of nitrogens with two attached hydrogens (primary N) is 1. The number of carbonyl (C=O) groups excluding carboxylic acids is 1. The number of thiophene rings is 1. The van der Waals surface area contributed by atoms with Gasteiger partial charge < -0.3 is 30.4 Å². The van der Waals surface area contributed by atoms with Crippen LogP contribution in [0.15, 0.2) is 57.2 Å². The molecule has 34 heavy (non-hydrogen) atoms. The van der Waals surface area contributed by atoms with E-state index in [1.54, 1.807) is 37.4 Å². The number of anilines is 3. The number of aromatic nitrogens is 2. The Kier molecular flexibility index (Phi) is 8.90. The minimum atomic E-state index is -1.87. The van der Waals surface area contributed by atoms with Crippen LogP contribution in [0, 0.1) is 0 Å². The minimum absolute atomic E-state index is 0.150. The van der Waals surface area contributed by atoms with Crippen LogP contribution in [-0.2, 0) is 24.3 Å². The molecule has 13 heteroatoms. The number of nitrogens with one attached hydrogen (secondary N) is 2. The van der Waals surface area contributed by atoms with E-state index in [0.717, 1.165) is 10.4 Å². The largest absolute Gasteiger partial charge is 0.480 e. The van der Waals surface area contributed by atoms with Crippen molar-refractivity contribution >= 4 is 51.4 Å². The van der Waals surface area contributed by atoms with Crippen molar-refractivity contribution in [3.8, 4) is 10.4 Å². The molecule has 0 aliphatic rings. The summed E-state index contributed by atoms with van der Waals surface area (Å²) in [6.45, 7) is 2.10. The number of benzene rings is 1. The summed E-state index contributed by atoms with van der Waals surface area (Å²) in [6.07, 6.45) is 1.01. The predicted octanol–water partition coefficient (Wildman–Crippen LogP) is 3.83. The maximum absolute atomic E-state index is 12.1. The highest BCUT2D eigenvalue weighted by atomic mass is 32.2. The maximum atomic E-state index is 12.1. The first-order chi connectivity index (χ1) is 16.4. The molecule has 0 unspecified atom stereocenters. The standard InChI is InChI=1S/C21H23N6O5S2/c1-2-32-21(30)27-34(31)14-7-5-13(6-8-14)25-20-24-12-15(17-4-3-11-33-17)18(26-20)23-10-9-16(22)19(28)29/h3-8,11-12,16H,2,9-10,22H2,1H3,(H,28,29)(H2,23,24,25,26)/q-1/t16-/m0/s1. The number of aliphatic carboxylic acids is 1. The highest BCUT2D eigenvalue weighted by molar-refractivity contribution is 7.75. The number of amides is 1. The van der Waals surface area contributed by atoms with Crippen molar-refractivity contribution in [3.05, 3.63) is 48.0 Å². The molecule has 2 heterocycles. The van der Waals surface area contributed by atoms with Crippen LogP contribution in [-0.4, -0.2) is 46.3 Å². The maximum Gasteiger partial charge on any atom is 0.410 e. The van der Waals surface area contributed by atoms with E-state index >= 15 is 0 Å². The first-order valence-electron chi connectivity index (χ1n) is 10.2. The van der Waals surface area contributed by atoms with Crippen LogP contribution >= 0.6 is 11.3 Å². The summed E-state index contributed by atoms with van der Waals surface area (Å²) in [6, 6.07) is 9.31. The molecule has 180 valence electrons. The summed E-state index contributed by atoms with van der Waals surface area (Å²) < 4.78 is 20.3. The second kappa shape index (κ2) is 12.1. The topological polar surface area (TPSA) is 169 Å². The third kappa shape index (κ3) is 6.97. The molecule has 3 rings (SSSR count). The molecule has 0 bridgehead atoms. The van der Waals surface area contributed by atoms with Gasteiger partial charge in [0, 0.05) is 23.3 Å². The Morgan fingerprint density at radius 2 is 2.06 bits per heavy atom. The van der Waals surface area contributed by atoms with Crippen LogP contribution in [0.25, 0.3) is 10.4 Å². The summed E-state index contributed by atoms with van der Waals surface area (Å²) in [5, 5.41) is 17.1. The number of rotatable bonds is 10. The first kappa shape index (κ1) is 25.1. The Labute approximate surface area is 201 Å². The van der Waals surface area contributed by atoms with Gasteiger partial charge in [-0.25, -0.2) is 9.78 Å². The van der Waals surface area contributed by atoms with Crippen molar-refractivity contribution in [2.24, 2.45) is 10.1 Å². The lowest BCUT2D eigenvalue weighted by Gasteiger charge is -2.14. The Morgan fingerprint density at radius 3 is 2.71 bits per heavy atom. The van der Waals surface area contributed by atoms with Crippen molar-refractivity contribution in [3.63, 3.8) is 0 Å². The summed E-state index contributed by atoms with van der Waals surface area (Å²) in [5.41, 5.74) is 6.98. The molecule has 0 aliphatic heterocycles. The number of carbonyl (C=O) groups is 2. The fourth-order valence-electron chi connectivity index (χ4n) is 2.71. The first-order valence-corrected chi connectivity index (χ1v) is 12.2. The second-order valence-electron chi connectivity index (χ2n) is 6.78. The number of ether oxygens (including phenoxy) is 1. The molecule has 0 aliphatic carbocycles. The number of carboxylic acid groups (broad SMARTS) is 1.